The van der Waals surface area contributed by atoms with E-state index in [9.17, 15) is 13.6 Å². The quantitative estimate of drug-likeness (QED) is 0.479. The van der Waals surface area contributed by atoms with E-state index in [1.807, 2.05) is 0 Å². The lowest BCUT2D eigenvalue weighted by Crippen LogP contribution is -1.98. The second kappa shape index (κ2) is 7.06. The van der Waals surface area contributed by atoms with Crippen LogP contribution in [0, 0.1) is 11.6 Å². The van der Waals surface area contributed by atoms with Gasteiger partial charge in [-0.25, -0.2) is 13.6 Å². The molecule has 96 valence electrons. The predicted molar refractivity (Wildman–Crippen MR) is 68.9 cm³/mol. The Hall–Kier alpha value is -1.49. The van der Waals surface area contributed by atoms with E-state index in [1.54, 1.807) is 6.92 Å². The number of carbonyl (C=O) groups is 1. The summed E-state index contributed by atoms with van der Waals surface area (Å²) in [6, 6.07) is 2.33. The molecule has 0 fully saturated rings. The highest BCUT2D eigenvalue weighted by molar-refractivity contribution is 9.10. The van der Waals surface area contributed by atoms with Crippen molar-refractivity contribution in [3.05, 3.63) is 52.0 Å². The maximum absolute atomic E-state index is 13.4. The topological polar surface area (TPSA) is 26.3 Å². The van der Waals surface area contributed by atoms with Crippen LogP contribution in [-0.4, -0.2) is 12.6 Å². The lowest BCUT2D eigenvalue weighted by atomic mass is 10.2. The number of hydrogen-bond acceptors (Lipinski definition) is 2. The van der Waals surface area contributed by atoms with Gasteiger partial charge in [-0.05, 0) is 25.1 Å². The van der Waals surface area contributed by atoms with Crippen LogP contribution in [0.1, 0.15) is 12.5 Å². The molecule has 0 atom stereocenters. The molecule has 0 saturated heterocycles. The van der Waals surface area contributed by atoms with Gasteiger partial charge in [0.1, 0.15) is 11.6 Å². The van der Waals surface area contributed by atoms with Crippen LogP contribution >= 0.6 is 15.9 Å². The summed E-state index contributed by atoms with van der Waals surface area (Å²) in [6.45, 7) is 1.97. The summed E-state index contributed by atoms with van der Waals surface area (Å²) >= 11 is 2.99. The summed E-state index contributed by atoms with van der Waals surface area (Å²) in [4.78, 5) is 10.9. The molecular weight excluding hydrogens is 306 g/mol. The Balaban J connectivity index is 2.76. The molecule has 2 nitrogen and oxygen atoms in total. The Labute approximate surface area is 112 Å². The van der Waals surface area contributed by atoms with Crippen LogP contribution in [0.3, 0.4) is 0 Å². The molecule has 0 aliphatic rings. The summed E-state index contributed by atoms with van der Waals surface area (Å²) < 4.78 is 31.7. The Morgan fingerprint density at radius 1 is 1.33 bits per heavy atom. The van der Waals surface area contributed by atoms with E-state index in [4.69, 9.17) is 0 Å². The second-order valence-electron chi connectivity index (χ2n) is 3.25. The first-order chi connectivity index (χ1) is 8.54. The molecule has 0 saturated carbocycles. The van der Waals surface area contributed by atoms with Gasteiger partial charge >= 0.3 is 5.97 Å². The van der Waals surface area contributed by atoms with Gasteiger partial charge < -0.3 is 4.74 Å². The highest BCUT2D eigenvalue weighted by Crippen LogP contribution is 2.20. The van der Waals surface area contributed by atoms with Gasteiger partial charge in [0.05, 0.1) is 6.61 Å². The Morgan fingerprint density at radius 2 is 1.94 bits per heavy atom. The van der Waals surface area contributed by atoms with Crippen molar-refractivity contribution in [2.75, 3.05) is 6.61 Å². The van der Waals surface area contributed by atoms with Crippen molar-refractivity contribution in [2.24, 2.45) is 0 Å². The fourth-order valence-electron chi connectivity index (χ4n) is 1.19. The van der Waals surface area contributed by atoms with Crippen molar-refractivity contribution in [3.63, 3.8) is 0 Å². The molecule has 18 heavy (non-hydrogen) atoms. The number of carbonyl (C=O) groups excluding carboxylic acids is 1. The average molecular weight is 317 g/mol. The minimum atomic E-state index is -0.678. The maximum atomic E-state index is 13.4. The summed E-state index contributed by atoms with van der Waals surface area (Å²) in [6.07, 6.45) is 5.15. The molecule has 0 bridgehead atoms. The van der Waals surface area contributed by atoms with Crippen LogP contribution in [-0.2, 0) is 9.53 Å². The van der Waals surface area contributed by atoms with Gasteiger partial charge in [-0.1, -0.05) is 28.1 Å². The van der Waals surface area contributed by atoms with E-state index in [1.165, 1.54) is 24.3 Å². The second-order valence-corrected chi connectivity index (χ2v) is 4.17. The molecule has 1 aromatic carbocycles. The summed E-state index contributed by atoms with van der Waals surface area (Å²) in [7, 11) is 0. The van der Waals surface area contributed by atoms with E-state index < -0.39 is 17.6 Å². The van der Waals surface area contributed by atoms with E-state index in [2.05, 4.69) is 20.7 Å². The first-order valence-electron chi connectivity index (χ1n) is 5.20. The molecule has 0 aliphatic heterocycles. The monoisotopic (exact) mass is 316 g/mol. The molecule has 0 N–H and O–H groups in total. The molecule has 0 aliphatic carbocycles. The van der Waals surface area contributed by atoms with E-state index in [0.29, 0.717) is 4.47 Å². The number of halogens is 3. The highest BCUT2D eigenvalue weighted by Gasteiger charge is 2.06. The van der Waals surface area contributed by atoms with Gasteiger partial charge in [-0.2, -0.15) is 0 Å². The molecule has 0 aromatic heterocycles. The molecule has 0 spiro atoms. The van der Waals surface area contributed by atoms with Gasteiger partial charge in [0, 0.05) is 16.1 Å². The van der Waals surface area contributed by atoms with Crippen molar-refractivity contribution in [2.45, 2.75) is 6.92 Å². The van der Waals surface area contributed by atoms with Crippen molar-refractivity contribution in [1.82, 2.24) is 0 Å². The van der Waals surface area contributed by atoms with E-state index >= 15 is 0 Å². The van der Waals surface area contributed by atoms with Crippen LogP contribution in [0.4, 0.5) is 8.78 Å². The molecule has 1 aromatic rings. The normalized spacial score (nSPS) is 11.3. The molecular formula is C13H11BrF2O2. The summed E-state index contributed by atoms with van der Waals surface area (Å²) in [5, 5.41) is 0. The zero-order valence-corrected chi connectivity index (χ0v) is 11.2. The number of hydrogen-bond donors (Lipinski definition) is 0. The number of ether oxygens (including phenoxy) is 1. The van der Waals surface area contributed by atoms with E-state index in [-0.39, 0.29) is 12.2 Å². The fourth-order valence-corrected chi connectivity index (χ4v) is 1.59. The van der Waals surface area contributed by atoms with Crippen molar-refractivity contribution in [1.29, 1.82) is 0 Å². The molecule has 1 rings (SSSR count). The van der Waals surface area contributed by atoms with Gasteiger partial charge in [-0.3, -0.25) is 0 Å². The van der Waals surface area contributed by atoms with Crippen LogP contribution in [0.15, 0.2) is 34.8 Å². The van der Waals surface area contributed by atoms with Crippen LogP contribution in [0.2, 0.25) is 0 Å². The average Bonchev–Trinajstić information content (AvgIpc) is 2.27. The summed E-state index contributed by atoms with van der Waals surface area (Å²) in [5.41, 5.74) is -0.160. The van der Waals surface area contributed by atoms with Gasteiger partial charge in [-0.15, -0.1) is 0 Å². The smallest absolute Gasteiger partial charge is 0.330 e. The predicted octanol–water partition coefficient (Wildman–Crippen LogP) is 3.86. The lowest BCUT2D eigenvalue weighted by molar-refractivity contribution is -0.137. The van der Waals surface area contributed by atoms with Gasteiger partial charge in [0.15, 0.2) is 0 Å². The van der Waals surface area contributed by atoms with Gasteiger partial charge in [0.2, 0.25) is 0 Å². The lowest BCUT2D eigenvalue weighted by Gasteiger charge is -1.99. The first-order valence-corrected chi connectivity index (χ1v) is 6.00. The first kappa shape index (κ1) is 14.6. The number of esters is 1. The van der Waals surface area contributed by atoms with Crippen LogP contribution in [0.25, 0.3) is 6.08 Å². The standard InChI is InChI=1S/C13H11BrF2O2/c1-2-18-13(17)6-4-3-5-10-11(15)7-9(14)8-12(10)16/h3-8H,2H2,1H3/b5-3+,6-4+. The molecule has 0 radical (unpaired) electrons. The maximum Gasteiger partial charge on any atom is 0.330 e. The van der Waals surface area contributed by atoms with Crippen molar-refractivity contribution < 1.29 is 18.3 Å². The Morgan fingerprint density at radius 3 is 2.50 bits per heavy atom. The number of allylic oxidation sites excluding steroid dienone is 2. The minimum Gasteiger partial charge on any atom is -0.463 e. The minimum absolute atomic E-state index is 0.160. The Bertz CT molecular complexity index is 473. The molecule has 0 heterocycles. The van der Waals surface area contributed by atoms with Crippen LogP contribution < -0.4 is 0 Å². The third-order valence-electron chi connectivity index (χ3n) is 1.94. The summed E-state index contributed by atoms with van der Waals surface area (Å²) in [5.74, 6) is -1.86. The highest BCUT2D eigenvalue weighted by atomic mass is 79.9. The molecule has 0 amide bonds. The molecule has 0 unspecified atom stereocenters. The fraction of sp³-hybridized carbons (Fsp3) is 0.154. The Kier molecular flexibility index (Phi) is 5.71. The van der Waals surface area contributed by atoms with Gasteiger partial charge in [0.25, 0.3) is 0 Å². The third kappa shape index (κ3) is 4.41. The zero-order valence-electron chi connectivity index (χ0n) is 9.62. The van der Waals surface area contributed by atoms with Crippen molar-refractivity contribution in [3.8, 4) is 0 Å². The molecule has 5 heteroatoms. The third-order valence-corrected chi connectivity index (χ3v) is 2.39. The SMILES string of the molecule is CCOC(=O)/C=C/C=C/c1c(F)cc(Br)cc1F. The van der Waals surface area contributed by atoms with E-state index in [0.717, 1.165) is 12.1 Å². The van der Waals surface area contributed by atoms with Crippen molar-refractivity contribution >= 4 is 28.0 Å². The zero-order chi connectivity index (χ0) is 13.5. The largest absolute Gasteiger partial charge is 0.463 e. The number of rotatable bonds is 4. The number of benzene rings is 1. The van der Waals surface area contributed by atoms with Crippen LogP contribution in [0.5, 0.6) is 0 Å².